The summed E-state index contributed by atoms with van der Waals surface area (Å²) in [7, 11) is 0. The summed E-state index contributed by atoms with van der Waals surface area (Å²) in [6, 6.07) is 17.5. The van der Waals surface area contributed by atoms with E-state index in [1.54, 1.807) is 12.1 Å². The number of nitrogens with two attached hydrogens (primary N) is 1. The maximum atomic E-state index is 11.9. The Morgan fingerprint density at radius 1 is 0.968 bits per heavy atom. The van der Waals surface area contributed by atoms with Crippen molar-refractivity contribution in [3.63, 3.8) is 0 Å². The van der Waals surface area contributed by atoms with Crippen LogP contribution in [-0.4, -0.2) is 37.4 Å². The topological polar surface area (TPSA) is 109 Å². The number of nitrogens with zero attached hydrogens (tertiary/aromatic N) is 1. The molecule has 0 aromatic heterocycles. The van der Waals surface area contributed by atoms with E-state index < -0.39 is 5.91 Å². The van der Waals surface area contributed by atoms with E-state index in [9.17, 15) is 9.59 Å². The lowest BCUT2D eigenvalue weighted by Gasteiger charge is -2.26. The molecule has 31 heavy (non-hydrogen) atoms. The molecule has 2 aromatic rings. The molecule has 168 valence electrons. The van der Waals surface area contributed by atoms with Crippen molar-refractivity contribution in [1.29, 1.82) is 0 Å². The van der Waals surface area contributed by atoms with Crippen LogP contribution in [0, 0.1) is 0 Å². The minimum atomic E-state index is -0.576. The molecule has 0 aliphatic rings. The number of nitrogens with one attached hydrogen (secondary N) is 3. The molecule has 0 fully saturated rings. The van der Waals surface area contributed by atoms with Crippen LogP contribution in [0.25, 0.3) is 0 Å². The highest BCUT2D eigenvalue weighted by Crippen LogP contribution is 2.21. The maximum Gasteiger partial charge on any atom is 0.251 e. The minimum absolute atomic E-state index is 0. The first-order chi connectivity index (χ1) is 14.3. The van der Waals surface area contributed by atoms with E-state index in [2.05, 4.69) is 46.9 Å². The predicted octanol–water partition coefficient (Wildman–Crippen LogP) is 2.55. The summed E-state index contributed by atoms with van der Waals surface area (Å²) >= 11 is 0. The second-order valence-corrected chi connectivity index (χ2v) is 7.64. The van der Waals surface area contributed by atoms with Gasteiger partial charge in [-0.15, -0.1) is 24.0 Å². The van der Waals surface area contributed by atoms with Gasteiger partial charge in [-0.1, -0.05) is 56.3 Å². The molecule has 0 aliphatic carbocycles. The molecule has 2 amide bonds. The van der Waals surface area contributed by atoms with Gasteiger partial charge in [0.15, 0.2) is 5.96 Å². The van der Waals surface area contributed by atoms with Crippen LogP contribution >= 0.6 is 24.0 Å². The van der Waals surface area contributed by atoms with Crippen LogP contribution < -0.4 is 21.7 Å². The smallest absolute Gasteiger partial charge is 0.251 e. The van der Waals surface area contributed by atoms with Crippen molar-refractivity contribution in [1.82, 2.24) is 16.0 Å². The maximum absolute atomic E-state index is 11.9. The fourth-order valence-corrected chi connectivity index (χ4v) is 2.84. The van der Waals surface area contributed by atoms with Gasteiger partial charge in [0.05, 0.1) is 13.1 Å². The summed E-state index contributed by atoms with van der Waals surface area (Å²) < 4.78 is 0. The largest absolute Gasteiger partial charge is 0.368 e. The first-order valence-corrected chi connectivity index (χ1v) is 10.0. The molecule has 0 heterocycles. The zero-order valence-corrected chi connectivity index (χ0v) is 20.6. The fourth-order valence-electron chi connectivity index (χ4n) is 2.84. The first-order valence-electron chi connectivity index (χ1n) is 10.0. The van der Waals surface area contributed by atoms with Crippen molar-refractivity contribution < 1.29 is 9.59 Å². The lowest BCUT2D eigenvalue weighted by Crippen LogP contribution is -2.43. The standard InChI is InChI=1S/C23H31N5O2.HI/c1-4-25-22(28-16-23(2,3)19-8-6-5-7-9-19)27-14-17-10-12-18(13-11-17)21(30)26-15-20(24)29;/h5-13H,4,14-16H2,1-3H3,(H2,24,29)(H,26,30)(H2,25,27,28);1H. The van der Waals surface area contributed by atoms with Crippen LogP contribution in [0.3, 0.4) is 0 Å². The van der Waals surface area contributed by atoms with Gasteiger partial charge in [-0.25, -0.2) is 4.99 Å². The Bertz CT molecular complexity index is 867. The molecule has 7 nitrogen and oxygen atoms in total. The summed E-state index contributed by atoms with van der Waals surface area (Å²) in [6.45, 7) is 8.21. The monoisotopic (exact) mass is 537 g/mol. The molecule has 0 spiro atoms. The lowest BCUT2D eigenvalue weighted by atomic mass is 9.85. The number of halogens is 1. The summed E-state index contributed by atoms with van der Waals surface area (Å²) in [5.41, 5.74) is 7.70. The highest BCUT2D eigenvalue weighted by Gasteiger charge is 2.20. The highest BCUT2D eigenvalue weighted by atomic mass is 127. The van der Waals surface area contributed by atoms with Gasteiger partial charge in [0.25, 0.3) is 5.91 Å². The molecule has 2 rings (SSSR count). The number of benzene rings is 2. The number of guanidine groups is 1. The summed E-state index contributed by atoms with van der Waals surface area (Å²) in [5.74, 6) is -0.167. The van der Waals surface area contributed by atoms with Crippen molar-refractivity contribution in [3.8, 4) is 0 Å². The average molecular weight is 537 g/mol. The van der Waals surface area contributed by atoms with Crippen molar-refractivity contribution in [2.75, 3.05) is 19.6 Å². The van der Waals surface area contributed by atoms with Gasteiger partial charge >= 0.3 is 0 Å². The third-order valence-electron chi connectivity index (χ3n) is 4.66. The molecular weight excluding hydrogens is 505 g/mol. The lowest BCUT2D eigenvalue weighted by molar-refractivity contribution is -0.117. The first kappa shape index (κ1) is 26.4. The molecule has 0 atom stereocenters. The van der Waals surface area contributed by atoms with Crippen molar-refractivity contribution in [2.45, 2.75) is 32.7 Å². The van der Waals surface area contributed by atoms with Gasteiger partial charge in [-0.2, -0.15) is 0 Å². The van der Waals surface area contributed by atoms with Gasteiger partial charge in [0, 0.05) is 24.1 Å². The van der Waals surface area contributed by atoms with E-state index >= 15 is 0 Å². The number of aliphatic imine (C=N–C) groups is 1. The summed E-state index contributed by atoms with van der Waals surface area (Å²) in [4.78, 5) is 27.4. The van der Waals surface area contributed by atoms with E-state index in [4.69, 9.17) is 5.73 Å². The number of carbonyl (C=O) groups excluding carboxylic acids is 2. The van der Waals surface area contributed by atoms with E-state index in [0.717, 1.165) is 24.6 Å². The minimum Gasteiger partial charge on any atom is -0.368 e. The van der Waals surface area contributed by atoms with E-state index in [-0.39, 0.29) is 41.8 Å². The summed E-state index contributed by atoms with van der Waals surface area (Å²) in [5, 5.41) is 9.15. The highest BCUT2D eigenvalue weighted by molar-refractivity contribution is 14.0. The zero-order chi connectivity index (χ0) is 22.0. The number of hydrogen-bond acceptors (Lipinski definition) is 3. The molecule has 2 aromatic carbocycles. The predicted molar refractivity (Wildman–Crippen MR) is 136 cm³/mol. The van der Waals surface area contributed by atoms with E-state index in [0.29, 0.717) is 12.1 Å². The molecule has 8 heteroatoms. The third kappa shape index (κ3) is 8.95. The van der Waals surface area contributed by atoms with Crippen molar-refractivity contribution in [2.24, 2.45) is 10.7 Å². The van der Waals surface area contributed by atoms with E-state index in [1.807, 2.05) is 37.3 Å². The molecular formula is C23H32IN5O2. The van der Waals surface area contributed by atoms with Crippen LogP contribution in [-0.2, 0) is 16.8 Å². The fraction of sp³-hybridized carbons (Fsp3) is 0.348. The summed E-state index contributed by atoms with van der Waals surface area (Å²) in [6.07, 6.45) is 0. The molecule has 5 N–H and O–H groups in total. The Hall–Kier alpha value is -2.62. The second-order valence-electron chi connectivity index (χ2n) is 7.64. The Morgan fingerprint density at radius 3 is 2.19 bits per heavy atom. The normalized spacial score (nSPS) is 11.3. The van der Waals surface area contributed by atoms with Crippen LogP contribution in [0.2, 0.25) is 0 Å². The number of rotatable bonds is 9. The molecule has 0 aliphatic heterocycles. The second kappa shape index (κ2) is 12.9. The number of carbonyl (C=O) groups is 2. The average Bonchev–Trinajstić information content (AvgIpc) is 2.75. The third-order valence-corrected chi connectivity index (χ3v) is 4.66. The quantitative estimate of drug-likeness (QED) is 0.224. The van der Waals surface area contributed by atoms with Gasteiger partial charge < -0.3 is 21.7 Å². The van der Waals surface area contributed by atoms with E-state index in [1.165, 1.54) is 5.56 Å². The number of hydrogen-bond donors (Lipinski definition) is 4. The zero-order valence-electron chi connectivity index (χ0n) is 18.3. The molecule has 0 unspecified atom stereocenters. The number of amides is 2. The SMILES string of the molecule is CCNC(=NCc1ccc(C(=O)NCC(N)=O)cc1)NCC(C)(C)c1ccccc1.I. The van der Waals surface area contributed by atoms with Gasteiger partial charge in [-0.3, -0.25) is 9.59 Å². The Morgan fingerprint density at radius 2 is 1.61 bits per heavy atom. The molecule has 0 bridgehead atoms. The Labute approximate surface area is 201 Å². The van der Waals surface area contributed by atoms with Crippen LogP contribution in [0.5, 0.6) is 0 Å². The van der Waals surface area contributed by atoms with Crippen molar-refractivity contribution >= 4 is 41.8 Å². The van der Waals surface area contributed by atoms with Crippen LogP contribution in [0.15, 0.2) is 59.6 Å². The molecule has 0 radical (unpaired) electrons. The van der Waals surface area contributed by atoms with Crippen molar-refractivity contribution in [3.05, 3.63) is 71.3 Å². The van der Waals surface area contributed by atoms with Crippen LogP contribution in [0.4, 0.5) is 0 Å². The molecule has 0 saturated heterocycles. The van der Waals surface area contributed by atoms with Gasteiger partial charge in [-0.05, 0) is 30.2 Å². The van der Waals surface area contributed by atoms with Gasteiger partial charge in [0.2, 0.25) is 5.91 Å². The molecule has 0 saturated carbocycles. The Kier molecular flexibility index (Phi) is 11.0. The number of primary amides is 1. The van der Waals surface area contributed by atoms with Crippen LogP contribution in [0.1, 0.15) is 42.3 Å². The Balaban J connectivity index is 0.00000480. The van der Waals surface area contributed by atoms with Gasteiger partial charge in [0.1, 0.15) is 0 Å².